The van der Waals surface area contributed by atoms with Gasteiger partial charge in [-0.25, -0.2) is 10.4 Å². The maximum absolute atomic E-state index is 9.64. The van der Waals surface area contributed by atoms with E-state index in [4.69, 9.17) is 0 Å². The molecule has 7 heteroatoms. The lowest BCUT2D eigenvalue weighted by molar-refractivity contribution is 0.367. The number of benzene rings is 2. The van der Waals surface area contributed by atoms with E-state index >= 15 is 0 Å². The first-order valence-corrected chi connectivity index (χ1v) is 6.13. The van der Waals surface area contributed by atoms with Crippen molar-refractivity contribution in [3.05, 3.63) is 42.0 Å². The molecular weight excluding hydrogens is 272 g/mol. The highest BCUT2D eigenvalue weighted by atomic mass is 16.3. The van der Waals surface area contributed by atoms with E-state index in [-0.39, 0.29) is 5.56 Å². The highest BCUT2D eigenvalue weighted by Crippen LogP contribution is 2.36. The Labute approximate surface area is 119 Å². The zero-order valence-corrected chi connectivity index (χ0v) is 10.8. The number of rotatable bonds is 3. The van der Waals surface area contributed by atoms with Gasteiger partial charge >= 0.3 is 0 Å². The Morgan fingerprint density at radius 2 is 1.86 bits per heavy atom. The van der Waals surface area contributed by atoms with Gasteiger partial charge in [-0.1, -0.05) is 12.1 Å². The van der Waals surface area contributed by atoms with Gasteiger partial charge in [-0.05, 0) is 24.3 Å². The van der Waals surface area contributed by atoms with Crippen molar-refractivity contribution in [3.8, 4) is 17.2 Å². The highest BCUT2D eigenvalue weighted by Gasteiger charge is 2.09. The SMILES string of the molecule is Oc1ccc(/C=N/Nc2nc3ccccc3[nH]2)c(O)c1O. The minimum atomic E-state index is -0.581. The summed E-state index contributed by atoms with van der Waals surface area (Å²) in [6.07, 6.45) is 1.31. The first-order valence-electron chi connectivity index (χ1n) is 6.13. The molecule has 5 N–H and O–H groups in total. The molecule has 3 rings (SSSR count). The van der Waals surface area contributed by atoms with Gasteiger partial charge in [-0.2, -0.15) is 5.10 Å². The minimum Gasteiger partial charge on any atom is -0.504 e. The Bertz CT molecular complexity index is 793. The number of H-pyrrole nitrogens is 1. The normalized spacial score (nSPS) is 11.2. The van der Waals surface area contributed by atoms with Gasteiger partial charge in [0, 0.05) is 5.56 Å². The lowest BCUT2D eigenvalue weighted by Crippen LogP contribution is -1.92. The fourth-order valence-electron chi connectivity index (χ4n) is 1.86. The van der Waals surface area contributed by atoms with E-state index in [1.54, 1.807) is 0 Å². The van der Waals surface area contributed by atoms with Crippen LogP contribution >= 0.6 is 0 Å². The van der Waals surface area contributed by atoms with Crippen molar-refractivity contribution >= 4 is 23.2 Å². The zero-order chi connectivity index (χ0) is 14.8. The fourth-order valence-corrected chi connectivity index (χ4v) is 1.86. The Hall–Kier alpha value is -3.22. The van der Waals surface area contributed by atoms with Crippen molar-refractivity contribution in [3.63, 3.8) is 0 Å². The number of nitrogens with zero attached hydrogens (tertiary/aromatic N) is 2. The quantitative estimate of drug-likeness (QED) is 0.287. The van der Waals surface area contributed by atoms with E-state index in [0.717, 1.165) is 11.0 Å². The monoisotopic (exact) mass is 284 g/mol. The number of aromatic hydroxyl groups is 3. The van der Waals surface area contributed by atoms with Gasteiger partial charge < -0.3 is 20.3 Å². The zero-order valence-electron chi connectivity index (χ0n) is 10.8. The number of anilines is 1. The van der Waals surface area contributed by atoms with Crippen molar-refractivity contribution < 1.29 is 15.3 Å². The molecule has 0 saturated heterocycles. The summed E-state index contributed by atoms with van der Waals surface area (Å²) in [4.78, 5) is 7.29. The number of aromatic amines is 1. The molecule has 2 aromatic carbocycles. The molecule has 0 spiro atoms. The summed E-state index contributed by atoms with van der Waals surface area (Å²) in [5.41, 5.74) is 4.63. The van der Waals surface area contributed by atoms with E-state index in [0.29, 0.717) is 5.95 Å². The summed E-state index contributed by atoms with van der Waals surface area (Å²) in [5.74, 6) is -0.960. The van der Waals surface area contributed by atoms with Gasteiger partial charge in [0.05, 0.1) is 17.2 Å². The maximum Gasteiger partial charge on any atom is 0.222 e. The summed E-state index contributed by atoms with van der Waals surface area (Å²) >= 11 is 0. The number of aromatic nitrogens is 2. The lowest BCUT2D eigenvalue weighted by atomic mass is 10.2. The standard InChI is InChI=1S/C14H12N4O3/c19-11-6-5-8(12(20)13(11)21)7-15-18-14-16-9-3-1-2-4-10(9)17-14/h1-7,19-21H,(H2,16,17,18)/b15-7+. The van der Waals surface area contributed by atoms with Crippen molar-refractivity contribution in [1.29, 1.82) is 0 Å². The Balaban J connectivity index is 1.79. The molecule has 1 aromatic heterocycles. The van der Waals surface area contributed by atoms with E-state index in [9.17, 15) is 15.3 Å². The number of para-hydroxylation sites is 2. The Morgan fingerprint density at radius 3 is 2.67 bits per heavy atom. The minimum absolute atomic E-state index is 0.258. The molecule has 1 heterocycles. The highest BCUT2D eigenvalue weighted by molar-refractivity contribution is 5.86. The molecule has 21 heavy (non-hydrogen) atoms. The third kappa shape index (κ3) is 2.44. The average molecular weight is 284 g/mol. The van der Waals surface area contributed by atoms with Crippen LogP contribution in [-0.2, 0) is 0 Å². The van der Waals surface area contributed by atoms with Crippen molar-refractivity contribution in [2.75, 3.05) is 5.43 Å². The first kappa shape index (κ1) is 12.8. The van der Waals surface area contributed by atoms with E-state index in [2.05, 4.69) is 20.5 Å². The van der Waals surface area contributed by atoms with E-state index in [1.165, 1.54) is 18.3 Å². The number of phenols is 3. The lowest BCUT2D eigenvalue weighted by Gasteiger charge is -2.03. The van der Waals surface area contributed by atoms with Gasteiger partial charge in [-0.3, -0.25) is 0 Å². The van der Waals surface area contributed by atoms with Crippen LogP contribution in [0, 0.1) is 0 Å². The Morgan fingerprint density at radius 1 is 1.05 bits per heavy atom. The van der Waals surface area contributed by atoms with Crippen molar-refractivity contribution in [2.24, 2.45) is 5.10 Å². The van der Waals surface area contributed by atoms with Gasteiger partial charge in [0.1, 0.15) is 0 Å². The molecule has 0 aliphatic rings. The predicted molar refractivity (Wildman–Crippen MR) is 78.7 cm³/mol. The molecule has 0 amide bonds. The molecule has 0 atom stereocenters. The molecule has 0 aliphatic heterocycles. The molecule has 106 valence electrons. The molecule has 0 unspecified atom stereocenters. The smallest absolute Gasteiger partial charge is 0.222 e. The second-order valence-electron chi connectivity index (χ2n) is 4.34. The molecule has 3 aromatic rings. The summed E-state index contributed by atoms with van der Waals surface area (Å²) < 4.78 is 0. The number of nitrogens with one attached hydrogen (secondary N) is 2. The number of hydrogen-bond donors (Lipinski definition) is 5. The summed E-state index contributed by atoms with van der Waals surface area (Å²) in [7, 11) is 0. The van der Waals surface area contributed by atoms with Crippen LogP contribution in [-0.4, -0.2) is 31.5 Å². The average Bonchev–Trinajstić information content (AvgIpc) is 2.90. The second kappa shape index (κ2) is 5.04. The van der Waals surface area contributed by atoms with Crippen LogP contribution in [0.1, 0.15) is 5.56 Å². The largest absolute Gasteiger partial charge is 0.504 e. The van der Waals surface area contributed by atoms with Crippen LogP contribution < -0.4 is 5.43 Å². The van der Waals surface area contributed by atoms with Crippen molar-refractivity contribution in [2.45, 2.75) is 0 Å². The number of hydrogen-bond acceptors (Lipinski definition) is 6. The van der Waals surface area contributed by atoms with Gasteiger partial charge in [-0.15, -0.1) is 0 Å². The molecular formula is C14H12N4O3. The number of phenolic OH excluding ortho intramolecular Hbond substituents is 3. The van der Waals surface area contributed by atoms with Crippen LogP contribution in [0.25, 0.3) is 11.0 Å². The van der Waals surface area contributed by atoms with Crippen LogP contribution in [0.4, 0.5) is 5.95 Å². The van der Waals surface area contributed by atoms with Crippen molar-refractivity contribution in [1.82, 2.24) is 9.97 Å². The maximum atomic E-state index is 9.64. The van der Waals surface area contributed by atoms with Crippen LogP contribution in [0.2, 0.25) is 0 Å². The summed E-state index contributed by atoms with van der Waals surface area (Å²) in [5, 5.41) is 32.2. The number of hydrazone groups is 1. The van der Waals surface area contributed by atoms with Gasteiger partial charge in [0.25, 0.3) is 0 Å². The first-order chi connectivity index (χ1) is 10.1. The van der Waals surface area contributed by atoms with E-state index in [1.807, 2.05) is 24.3 Å². The molecule has 0 bridgehead atoms. The van der Waals surface area contributed by atoms with Crippen LogP contribution in [0.3, 0.4) is 0 Å². The summed E-state index contributed by atoms with van der Waals surface area (Å²) in [6.45, 7) is 0. The topological polar surface area (TPSA) is 114 Å². The Kier molecular flexibility index (Phi) is 3.07. The number of imidazole rings is 1. The van der Waals surface area contributed by atoms with Crippen LogP contribution in [0.15, 0.2) is 41.5 Å². The number of fused-ring (bicyclic) bond motifs is 1. The predicted octanol–water partition coefficient (Wildman–Crippen LogP) is 2.13. The summed E-state index contributed by atoms with van der Waals surface area (Å²) in [6, 6.07) is 10.2. The molecule has 0 saturated carbocycles. The fraction of sp³-hybridized carbons (Fsp3) is 0. The third-order valence-electron chi connectivity index (χ3n) is 2.92. The van der Waals surface area contributed by atoms with E-state index < -0.39 is 17.2 Å². The second-order valence-corrected chi connectivity index (χ2v) is 4.34. The van der Waals surface area contributed by atoms with Crippen LogP contribution in [0.5, 0.6) is 17.2 Å². The van der Waals surface area contributed by atoms with Gasteiger partial charge in [0.2, 0.25) is 11.7 Å². The molecule has 0 aliphatic carbocycles. The van der Waals surface area contributed by atoms with Gasteiger partial charge in [0.15, 0.2) is 11.5 Å². The molecule has 0 fully saturated rings. The molecule has 0 radical (unpaired) electrons. The molecule has 7 nitrogen and oxygen atoms in total. The third-order valence-corrected chi connectivity index (χ3v) is 2.92.